The number of hydrogen-bond donors (Lipinski definition) is 1. The largest absolute Gasteiger partial charge is 0.311 e. The molecule has 1 N–H and O–H groups in total. The van der Waals surface area contributed by atoms with Gasteiger partial charge in [-0.15, -0.1) is 0 Å². The van der Waals surface area contributed by atoms with Crippen LogP contribution in [0.3, 0.4) is 0 Å². The first-order valence-electron chi connectivity index (χ1n) is 7.02. The Kier molecular flexibility index (Phi) is 4.24. The summed E-state index contributed by atoms with van der Waals surface area (Å²) in [6.07, 6.45) is 2.55. The molecule has 0 spiro atoms. The first-order valence-corrected chi connectivity index (χ1v) is 8.17. The van der Waals surface area contributed by atoms with E-state index in [1.165, 1.54) is 44.0 Å². The minimum atomic E-state index is 0.689. The number of aryl methyl sites for hydroxylation is 1. The van der Waals surface area contributed by atoms with Gasteiger partial charge in [0, 0.05) is 37.2 Å². The molecule has 0 aromatic heterocycles. The van der Waals surface area contributed by atoms with Crippen LogP contribution in [0.4, 0.5) is 0 Å². The Hall–Kier alpha value is -0.510. The summed E-state index contributed by atoms with van der Waals surface area (Å²) in [7, 11) is 0. The van der Waals surface area contributed by atoms with Crippen molar-refractivity contribution < 1.29 is 0 Å². The molecular formula is C15H22N2S. The second kappa shape index (κ2) is 6.09. The van der Waals surface area contributed by atoms with Crippen molar-refractivity contribution in [3.8, 4) is 0 Å². The molecule has 0 radical (unpaired) electrons. The minimum Gasteiger partial charge on any atom is -0.311 e. The van der Waals surface area contributed by atoms with E-state index in [-0.39, 0.29) is 0 Å². The Bertz CT molecular complexity index is 388. The second-order valence-electron chi connectivity index (χ2n) is 5.33. The molecule has 1 unspecified atom stereocenters. The van der Waals surface area contributed by atoms with Gasteiger partial charge in [-0.3, -0.25) is 4.90 Å². The molecule has 1 aromatic carbocycles. The van der Waals surface area contributed by atoms with Crippen molar-refractivity contribution in [2.45, 2.75) is 25.4 Å². The van der Waals surface area contributed by atoms with Gasteiger partial charge in [0.25, 0.3) is 0 Å². The van der Waals surface area contributed by atoms with E-state index in [0.717, 1.165) is 6.54 Å². The quantitative estimate of drug-likeness (QED) is 0.879. The van der Waals surface area contributed by atoms with Crippen LogP contribution in [-0.4, -0.2) is 42.1 Å². The Morgan fingerprint density at radius 2 is 2.17 bits per heavy atom. The van der Waals surface area contributed by atoms with E-state index in [0.29, 0.717) is 6.04 Å². The number of benzene rings is 1. The molecule has 0 saturated carbocycles. The molecule has 1 saturated heterocycles. The molecule has 2 nitrogen and oxygen atoms in total. The minimum absolute atomic E-state index is 0.689. The molecular weight excluding hydrogens is 240 g/mol. The number of fused-ring (bicyclic) bond motifs is 1. The van der Waals surface area contributed by atoms with E-state index in [2.05, 4.69) is 46.2 Å². The van der Waals surface area contributed by atoms with Crippen molar-refractivity contribution in [2.75, 3.05) is 31.1 Å². The van der Waals surface area contributed by atoms with Crippen molar-refractivity contribution in [3.05, 3.63) is 35.4 Å². The van der Waals surface area contributed by atoms with Gasteiger partial charge in [-0.25, -0.2) is 0 Å². The summed E-state index contributed by atoms with van der Waals surface area (Å²) in [5.41, 5.74) is 3.10. The molecule has 98 valence electrons. The highest BCUT2D eigenvalue weighted by atomic mass is 32.2. The lowest BCUT2D eigenvalue weighted by Gasteiger charge is -2.29. The van der Waals surface area contributed by atoms with Gasteiger partial charge in [-0.05, 0) is 30.5 Å². The molecule has 2 heterocycles. The second-order valence-corrected chi connectivity index (χ2v) is 6.48. The lowest BCUT2D eigenvalue weighted by molar-refractivity contribution is 0.244. The van der Waals surface area contributed by atoms with Gasteiger partial charge < -0.3 is 5.32 Å². The number of hydrogen-bond acceptors (Lipinski definition) is 3. The standard InChI is InChI=1S/C15H22N2S/c1-2-5-14-10-17(8-3-6-13(14)4-1)11-15-12-18-9-7-16-15/h1-2,4-5,15-16H,3,6-12H2. The lowest BCUT2D eigenvalue weighted by atomic mass is 10.0. The zero-order chi connectivity index (χ0) is 12.2. The smallest absolute Gasteiger partial charge is 0.0286 e. The van der Waals surface area contributed by atoms with E-state index >= 15 is 0 Å². The number of nitrogens with one attached hydrogen (secondary N) is 1. The average Bonchev–Trinajstić information content (AvgIpc) is 2.61. The van der Waals surface area contributed by atoms with Crippen LogP contribution in [0.5, 0.6) is 0 Å². The van der Waals surface area contributed by atoms with Gasteiger partial charge in [-0.2, -0.15) is 11.8 Å². The van der Waals surface area contributed by atoms with Gasteiger partial charge >= 0.3 is 0 Å². The van der Waals surface area contributed by atoms with Crippen LogP contribution in [0.1, 0.15) is 17.5 Å². The third kappa shape index (κ3) is 3.08. The van der Waals surface area contributed by atoms with E-state index in [1.807, 2.05) is 0 Å². The first-order chi connectivity index (χ1) is 8.92. The van der Waals surface area contributed by atoms with Crippen molar-refractivity contribution in [1.29, 1.82) is 0 Å². The third-order valence-electron chi connectivity index (χ3n) is 3.91. The Morgan fingerprint density at radius 3 is 3.00 bits per heavy atom. The molecule has 18 heavy (non-hydrogen) atoms. The molecule has 1 aromatic rings. The van der Waals surface area contributed by atoms with Gasteiger partial charge in [0.15, 0.2) is 0 Å². The topological polar surface area (TPSA) is 15.3 Å². The van der Waals surface area contributed by atoms with Crippen LogP contribution in [0, 0.1) is 0 Å². The van der Waals surface area contributed by atoms with Crippen LogP contribution < -0.4 is 5.32 Å². The van der Waals surface area contributed by atoms with Crippen LogP contribution >= 0.6 is 11.8 Å². The van der Waals surface area contributed by atoms with Crippen LogP contribution in [0.2, 0.25) is 0 Å². The summed E-state index contributed by atoms with van der Waals surface area (Å²) < 4.78 is 0. The summed E-state index contributed by atoms with van der Waals surface area (Å²) in [5, 5.41) is 3.65. The SMILES string of the molecule is c1ccc2c(c1)CCCN(CC1CSCCN1)C2. The summed E-state index contributed by atoms with van der Waals surface area (Å²) in [5.74, 6) is 2.55. The summed E-state index contributed by atoms with van der Waals surface area (Å²) in [6.45, 7) is 4.78. The summed E-state index contributed by atoms with van der Waals surface area (Å²) >= 11 is 2.09. The highest BCUT2D eigenvalue weighted by Crippen LogP contribution is 2.19. The monoisotopic (exact) mass is 262 g/mol. The van der Waals surface area contributed by atoms with Crippen molar-refractivity contribution in [3.63, 3.8) is 0 Å². The van der Waals surface area contributed by atoms with E-state index in [4.69, 9.17) is 0 Å². The molecule has 2 aliphatic rings. The maximum absolute atomic E-state index is 3.65. The first kappa shape index (κ1) is 12.5. The Balaban J connectivity index is 1.63. The predicted octanol–water partition coefficient (Wildman–Crippen LogP) is 2.14. The fourth-order valence-corrected chi connectivity index (χ4v) is 3.91. The molecule has 3 rings (SSSR count). The molecule has 2 aliphatic heterocycles. The van der Waals surface area contributed by atoms with Crippen LogP contribution in [0.25, 0.3) is 0 Å². The van der Waals surface area contributed by atoms with E-state index in [9.17, 15) is 0 Å². The van der Waals surface area contributed by atoms with E-state index in [1.54, 1.807) is 11.1 Å². The van der Waals surface area contributed by atoms with Crippen LogP contribution in [-0.2, 0) is 13.0 Å². The molecule has 1 fully saturated rings. The summed E-state index contributed by atoms with van der Waals surface area (Å²) in [6, 6.07) is 9.64. The van der Waals surface area contributed by atoms with Gasteiger partial charge in [-0.1, -0.05) is 24.3 Å². The molecule has 1 atom stereocenters. The Morgan fingerprint density at radius 1 is 1.28 bits per heavy atom. The van der Waals surface area contributed by atoms with Gasteiger partial charge in [0.1, 0.15) is 0 Å². The average molecular weight is 262 g/mol. The van der Waals surface area contributed by atoms with E-state index < -0.39 is 0 Å². The fourth-order valence-electron chi connectivity index (χ4n) is 2.97. The van der Waals surface area contributed by atoms with Crippen molar-refractivity contribution in [2.24, 2.45) is 0 Å². The zero-order valence-electron chi connectivity index (χ0n) is 10.9. The number of nitrogens with zero attached hydrogens (tertiary/aromatic N) is 1. The fraction of sp³-hybridized carbons (Fsp3) is 0.600. The van der Waals surface area contributed by atoms with Gasteiger partial charge in [0.05, 0.1) is 0 Å². The highest BCUT2D eigenvalue weighted by molar-refractivity contribution is 7.99. The highest BCUT2D eigenvalue weighted by Gasteiger charge is 2.19. The zero-order valence-corrected chi connectivity index (χ0v) is 11.7. The maximum atomic E-state index is 3.65. The van der Waals surface area contributed by atoms with Gasteiger partial charge in [0.2, 0.25) is 0 Å². The molecule has 0 aliphatic carbocycles. The predicted molar refractivity (Wildman–Crippen MR) is 79.2 cm³/mol. The van der Waals surface area contributed by atoms with Crippen molar-refractivity contribution >= 4 is 11.8 Å². The molecule has 0 bridgehead atoms. The lowest BCUT2D eigenvalue weighted by Crippen LogP contribution is -2.45. The molecule has 3 heteroatoms. The maximum Gasteiger partial charge on any atom is 0.0286 e. The normalized spacial score (nSPS) is 25.4. The summed E-state index contributed by atoms with van der Waals surface area (Å²) in [4.78, 5) is 2.63. The Labute approximate surface area is 114 Å². The van der Waals surface area contributed by atoms with Crippen molar-refractivity contribution in [1.82, 2.24) is 10.2 Å². The molecule has 0 amide bonds. The number of thioether (sulfide) groups is 1. The third-order valence-corrected chi connectivity index (χ3v) is 5.04. The van der Waals surface area contributed by atoms with Crippen LogP contribution in [0.15, 0.2) is 24.3 Å². The number of rotatable bonds is 2.